The molecule has 29 heavy (non-hydrogen) atoms. The van der Waals surface area contributed by atoms with Crippen LogP contribution in [0.2, 0.25) is 0 Å². The van der Waals surface area contributed by atoms with E-state index in [1.807, 2.05) is 30.0 Å². The average Bonchev–Trinajstić information content (AvgIpc) is 3.27. The van der Waals surface area contributed by atoms with E-state index in [-0.39, 0.29) is 5.91 Å². The van der Waals surface area contributed by atoms with Gasteiger partial charge in [-0.25, -0.2) is 4.98 Å². The van der Waals surface area contributed by atoms with Crippen molar-refractivity contribution in [1.82, 2.24) is 14.9 Å². The smallest absolute Gasteiger partial charge is 0.289 e. The number of hydrogen-bond acceptors (Lipinski definition) is 6. The molecular formula is C22H25N5O2. The Morgan fingerprint density at radius 3 is 2.59 bits per heavy atom. The third-order valence-corrected chi connectivity index (χ3v) is 5.16. The van der Waals surface area contributed by atoms with Gasteiger partial charge in [-0.3, -0.25) is 4.79 Å². The van der Waals surface area contributed by atoms with Crippen molar-refractivity contribution in [2.45, 2.75) is 20.4 Å². The number of hydrogen-bond donors (Lipinski definition) is 1. The molecule has 0 unspecified atom stereocenters. The SMILES string of the molecule is Cc1cc(N2CCN(C(=O)c3ccco3)CC2)nc(NCc2ccccc2C)n1. The standard InChI is InChI=1S/C22H25N5O2/c1-16-6-3-4-7-18(16)15-23-22-24-17(2)14-20(25-22)26-9-11-27(12-10-26)21(28)19-8-5-13-29-19/h3-8,13-14H,9-12,15H2,1-2H3,(H,23,24,25). The van der Waals surface area contributed by atoms with Gasteiger partial charge in [-0.2, -0.15) is 4.98 Å². The molecule has 0 atom stereocenters. The lowest BCUT2D eigenvalue weighted by Gasteiger charge is -2.35. The van der Waals surface area contributed by atoms with Crippen molar-refractivity contribution >= 4 is 17.7 Å². The monoisotopic (exact) mass is 391 g/mol. The molecule has 0 aliphatic carbocycles. The topological polar surface area (TPSA) is 74.5 Å². The Morgan fingerprint density at radius 1 is 1.07 bits per heavy atom. The van der Waals surface area contributed by atoms with Crippen LogP contribution in [0.15, 0.2) is 53.1 Å². The summed E-state index contributed by atoms with van der Waals surface area (Å²) < 4.78 is 5.23. The van der Waals surface area contributed by atoms with Crippen LogP contribution in [0.25, 0.3) is 0 Å². The summed E-state index contributed by atoms with van der Waals surface area (Å²) >= 11 is 0. The van der Waals surface area contributed by atoms with Crippen LogP contribution in [0.5, 0.6) is 0 Å². The van der Waals surface area contributed by atoms with Gasteiger partial charge in [-0.1, -0.05) is 24.3 Å². The number of amides is 1. The highest BCUT2D eigenvalue weighted by molar-refractivity contribution is 5.91. The number of carbonyl (C=O) groups is 1. The fourth-order valence-corrected chi connectivity index (χ4v) is 3.47. The zero-order valence-electron chi connectivity index (χ0n) is 16.8. The first kappa shape index (κ1) is 19.0. The molecule has 0 saturated carbocycles. The van der Waals surface area contributed by atoms with E-state index in [0.29, 0.717) is 31.3 Å². The van der Waals surface area contributed by atoms with Gasteiger partial charge in [0.1, 0.15) is 5.82 Å². The first-order valence-corrected chi connectivity index (χ1v) is 9.82. The second kappa shape index (κ2) is 8.34. The Balaban J connectivity index is 1.40. The molecule has 1 amide bonds. The quantitative estimate of drug-likeness (QED) is 0.720. The summed E-state index contributed by atoms with van der Waals surface area (Å²) in [6.07, 6.45) is 1.53. The Hall–Kier alpha value is -3.35. The van der Waals surface area contributed by atoms with Crippen molar-refractivity contribution in [1.29, 1.82) is 0 Å². The van der Waals surface area contributed by atoms with Crippen LogP contribution >= 0.6 is 0 Å². The summed E-state index contributed by atoms with van der Waals surface area (Å²) in [6.45, 7) is 7.47. The first-order valence-electron chi connectivity index (χ1n) is 9.82. The predicted octanol–water partition coefficient (Wildman–Crippen LogP) is 3.26. The molecule has 4 rings (SSSR count). The Kier molecular flexibility index (Phi) is 5.46. The van der Waals surface area contributed by atoms with Crippen LogP contribution in [-0.2, 0) is 6.54 Å². The van der Waals surface area contributed by atoms with Crippen LogP contribution in [0.4, 0.5) is 11.8 Å². The van der Waals surface area contributed by atoms with Gasteiger partial charge in [0, 0.05) is 44.5 Å². The third-order valence-electron chi connectivity index (χ3n) is 5.16. The molecule has 1 saturated heterocycles. The normalized spacial score (nSPS) is 14.1. The molecule has 1 N–H and O–H groups in total. The highest BCUT2D eigenvalue weighted by atomic mass is 16.3. The van der Waals surface area contributed by atoms with Gasteiger partial charge < -0.3 is 19.5 Å². The number of piperazine rings is 1. The van der Waals surface area contributed by atoms with Gasteiger partial charge in [0.2, 0.25) is 5.95 Å². The molecule has 0 bridgehead atoms. The fraction of sp³-hybridized carbons (Fsp3) is 0.318. The van der Waals surface area contributed by atoms with Crippen molar-refractivity contribution in [2.75, 3.05) is 36.4 Å². The van der Waals surface area contributed by atoms with Gasteiger partial charge >= 0.3 is 0 Å². The molecule has 1 fully saturated rings. The maximum absolute atomic E-state index is 12.4. The molecule has 1 aromatic carbocycles. The lowest BCUT2D eigenvalue weighted by molar-refractivity contribution is 0.0714. The summed E-state index contributed by atoms with van der Waals surface area (Å²) in [5, 5.41) is 3.34. The van der Waals surface area contributed by atoms with Crippen LogP contribution < -0.4 is 10.2 Å². The number of aryl methyl sites for hydroxylation is 2. The van der Waals surface area contributed by atoms with E-state index in [0.717, 1.165) is 24.6 Å². The zero-order valence-corrected chi connectivity index (χ0v) is 16.8. The van der Waals surface area contributed by atoms with E-state index in [1.54, 1.807) is 12.1 Å². The molecule has 0 radical (unpaired) electrons. The number of aromatic nitrogens is 2. The van der Waals surface area contributed by atoms with Crippen LogP contribution in [0.3, 0.4) is 0 Å². The van der Waals surface area contributed by atoms with Crippen molar-refractivity contribution in [2.24, 2.45) is 0 Å². The predicted molar refractivity (Wildman–Crippen MR) is 112 cm³/mol. The van der Waals surface area contributed by atoms with Crippen LogP contribution in [0, 0.1) is 13.8 Å². The molecule has 3 heterocycles. The second-order valence-corrected chi connectivity index (χ2v) is 7.23. The van der Waals surface area contributed by atoms with Crippen LogP contribution in [-0.4, -0.2) is 47.0 Å². The Morgan fingerprint density at radius 2 is 1.86 bits per heavy atom. The van der Waals surface area contributed by atoms with E-state index in [4.69, 9.17) is 9.40 Å². The minimum Gasteiger partial charge on any atom is -0.459 e. The number of nitrogens with one attached hydrogen (secondary N) is 1. The molecule has 7 nitrogen and oxygen atoms in total. The zero-order chi connectivity index (χ0) is 20.2. The summed E-state index contributed by atoms with van der Waals surface area (Å²) in [4.78, 5) is 25.7. The second-order valence-electron chi connectivity index (χ2n) is 7.23. The molecular weight excluding hydrogens is 366 g/mol. The summed E-state index contributed by atoms with van der Waals surface area (Å²) in [5.41, 5.74) is 3.38. The maximum Gasteiger partial charge on any atom is 0.289 e. The molecule has 150 valence electrons. The number of anilines is 2. The summed E-state index contributed by atoms with van der Waals surface area (Å²) in [6, 6.07) is 13.7. The Labute approximate surface area is 170 Å². The Bertz CT molecular complexity index is 979. The summed E-state index contributed by atoms with van der Waals surface area (Å²) in [7, 11) is 0. The number of nitrogens with zero attached hydrogens (tertiary/aromatic N) is 4. The number of benzene rings is 1. The molecule has 2 aromatic heterocycles. The van der Waals surface area contributed by atoms with Gasteiger partial charge in [0.15, 0.2) is 5.76 Å². The lowest BCUT2D eigenvalue weighted by Crippen LogP contribution is -2.49. The highest BCUT2D eigenvalue weighted by Crippen LogP contribution is 2.19. The van der Waals surface area contributed by atoms with Gasteiger partial charge in [0.25, 0.3) is 5.91 Å². The van der Waals surface area contributed by atoms with Crippen LogP contribution in [0.1, 0.15) is 27.4 Å². The number of rotatable bonds is 5. The molecule has 1 aliphatic rings. The number of furan rings is 1. The lowest BCUT2D eigenvalue weighted by atomic mass is 10.1. The van der Waals surface area contributed by atoms with Crippen molar-refractivity contribution in [3.05, 3.63) is 71.3 Å². The van der Waals surface area contributed by atoms with E-state index in [1.165, 1.54) is 17.4 Å². The fourth-order valence-electron chi connectivity index (χ4n) is 3.47. The van der Waals surface area contributed by atoms with E-state index < -0.39 is 0 Å². The minimum absolute atomic E-state index is 0.0610. The molecule has 7 heteroatoms. The first-order chi connectivity index (χ1) is 14.1. The van der Waals surface area contributed by atoms with E-state index >= 15 is 0 Å². The van der Waals surface area contributed by atoms with Gasteiger partial charge in [0.05, 0.1) is 6.26 Å². The van der Waals surface area contributed by atoms with E-state index in [9.17, 15) is 4.79 Å². The minimum atomic E-state index is -0.0610. The maximum atomic E-state index is 12.4. The van der Waals surface area contributed by atoms with Gasteiger partial charge in [-0.05, 0) is 37.1 Å². The molecule has 0 spiro atoms. The number of carbonyl (C=O) groups excluding carboxylic acids is 1. The largest absolute Gasteiger partial charge is 0.459 e. The highest BCUT2D eigenvalue weighted by Gasteiger charge is 2.24. The summed E-state index contributed by atoms with van der Waals surface area (Å²) in [5.74, 6) is 1.83. The van der Waals surface area contributed by atoms with Crippen molar-refractivity contribution < 1.29 is 9.21 Å². The van der Waals surface area contributed by atoms with E-state index in [2.05, 4.69) is 34.3 Å². The molecule has 3 aromatic rings. The molecule has 1 aliphatic heterocycles. The van der Waals surface area contributed by atoms with Crippen molar-refractivity contribution in [3.8, 4) is 0 Å². The van der Waals surface area contributed by atoms with Crippen molar-refractivity contribution in [3.63, 3.8) is 0 Å². The third kappa shape index (κ3) is 4.39. The van der Waals surface area contributed by atoms with Gasteiger partial charge in [-0.15, -0.1) is 0 Å². The average molecular weight is 391 g/mol.